The second-order valence-corrected chi connectivity index (χ2v) is 3.57. The van der Waals surface area contributed by atoms with E-state index < -0.39 is 0 Å². The maximum Gasteiger partial charge on any atom is 0.103 e. The zero-order valence-electron chi connectivity index (χ0n) is 5.22. The molecule has 0 aliphatic heterocycles. The van der Waals surface area contributed by atoms with Gasteiger partial charge in [-0.2, -0.15) is 10.5 Å². The van der Waals surface area contributed by atoms with Crippen LogP contribution in [0.5, 0.6) is 0 Å². The second kappa shape index (κ2) is 5.70. The summed E-state index contributed by atoms with van der Waals surface area (Å²) in [4.78, 5) is -0.199. The molecule has 4 heteroatoms. The first-order chi connectivity index (χ1) is 4.74. The molecular formula is C6H6Br2N2. The van der Waals surface area contributed by atoms with Crippen molar-refractivity contribution >= 4 is 31.9 Å². The van der Waals surface area contributed by atoms with Crippen LogP contribution in [-0.2, 0) is 0 Å². The Hall–Kier alpha value is -0.0600. The van der Waals surface area contributed by atoms with Crippen molar-refractivity contribution in [1.82, 2.24) is 0 Å². The van der Waals surface area contributed by atoms with E-state index in [1.807, 2.05) is 6.07 Å². The van der Waals surface area contributed by atoms with Crippen LogP contribution in [0.1, 0.15) is 6.42 Å². The van der Waals surface area contributed by atoms with Crippen molar-refractivity contribution in [2.45, 2.75) is 11.2 Å². The summed E-state index contributed by atoms with van der Waals surface area (Å²) in [5, 5.41) is 17.4. The van der Waals surface area contributed by atoms with Gasteiger partial charge >= 0.3 is 0 Å². The molecular weight excluding hydrogens is 260 g/mol. The topological polar surface area (TPSA) is 47.6 Å². The molecule has 0 N–H and O–H groups in total. The van der Waals surface area contributed by atoms with E-state index in [0.717, 1.165) is 0 Å². The molecule has 0 rings (SSSR count). The predicted molar refractivity (Wildman–Crippen MR) is 45.8 cm³/mol. The van der Waals surface area contributed by atoms with E-state index in [2.05, 4.69) is 37.9 Å². The van der Waals surface area contributed by atoms with Gasteiger partial charge in [0.25, 0.3) is 0 Å². The number of rotatable bonds is 3. The number of nitrogens with zero attached hydrogens (tertiary/aromatic N) is 2. The normalized spacial score (nSPS) is 14.8. The molecule has 0 aromatic heterocycles. The van der Waals surface area contributed by atoms with Crippen LogP contribution in [0.25, 0.3) is 0 Å². The van der Waals surface area contributed by atoms with Crippen LogP contribution in [0.15, 0.2) is 0 Å². The Labute approximate surface area is 77.1 Å². The third-order valence-corrected chi connectivity index (χ3v) is 2.36. The lowest BCUT2D eigenvalue weighted by molar-refractivity contribution is 0.703. The quantitative estimate of drug-likeness (QED) is 0.735. The molecule has 0 saturated carbocycles. The minimum absolute atomic E-state index is 0.0657. The van der Waals surface area contributed by atoms with Gasteiger partial charge in [0.1, 0.15) is 4.83 Å². The summed E-state index contributed by atoms with van der Waals surface area (Å²) in [6.07, 6.45) is 0.582. The highest BCUT2D eigenvalue weighted by molar-refractivity contribution is 9.09. The van der Waals surface area contributed by atoms with E-state index in [1.54, 1.807) is 0 Å². The number of nitriles is 2. The van der Waals surface area contributed by atoms with Gasteiger partial charge in [-0.05, 0) is 6.42 Å². The molecule has 0 heterocycles. The van der Waals surface area contributed by atoms with E-state index in [4.69, 9.17) is 10.5 Å². The lowest BCUT2D eigenvalue weighted by Gasteiger charge is -2.02. The van der Waals surface area contributed by atoms with Gasteiger partial charge in [-0.15, -0.1) is 0 Å². The van der Waals surface area contributed by atoms with Gasteiger partial charge in [-0.1, -0.05) is 31.9 Å². The maximum absolute atomic E-state index is 8.46. The van der Waals surface area contributed by atoms with Gasteiger partial charge in [0.2, 0.25) is 0 Å². The van der Waals surface area contributed by atoms with Gasteiger partial charge in [0, 0.05) is 5.33 Å². The first-order valence-corrected chi connectivity index (χ1v) is 4.77. The summed E-state index contributed by atoms with van der Waals surface area (Å²) in [6, 6.07) is 4.10. The van der Waals surface area contributed by atoms with E-state index >= 15 is 0 Å². The van der Waals surface area contributed by atoms with Crippen molar-refractivity contribution in [3.8, 4) is 12.1 Å². The molecule has 2 nitrogen and oxygen atoms in total. The van der Waals surface area contributed by atoms with Gasteiger partial charge in [-0.3, -0.25) is 0 Å². The Kier molecular flexibility index (Phi) is 5.67. The Balaban J connectivity index is 3.68. The first kappa shape index (κ1) is 9.94. The second-order valence-electron chi connectivity index (χ2n) is 1.81. The third-order valence-electron chi connectivity index (χ3n) is 1.00. The Bertz CT molecular complexity index is 168. The van der Waals surface area contributed by atoms with Crippen LogP contribution in [0.3, 0.4) is 0 Å². The smallest absolute Gasteiger partial charge is 0.103 e. The van der Waals surface area contributed by atoms with Crippen molar-refractivity contribution in [3.05, 3.63) is 0 Å². The van der Waals surface area contributed by atoms with Crippen molar-refractivity contribution < 1.29 is 0 Å². The van der Waals surface area contributed by atoms with Gasteiger partial charge in [0.15, 0.2) is 0 Å². The molecule has 2 atom stereocenters. The number of hydrogen-bond acceptors (Lipinski definition) is 2. The molecule has 0 amide bonds. The van der Waals surface area contributed by atoms with Crippen LogP contribution < -0.4 is 0 Å². The van der Waals surface area contributed by atoms with E-state index in [1.165, 1.54) is 0 Å². The fraction of sp³-hybridized carbons (Fsp3) is 0.667. The van der Waals surface area contributed by atoms with Crippen molar-refractivity contribution in [3.63, 3.8) is 0 Å². The average Bonchev–Trinajstić information content (AvgIpc) is 1.99. The molecule has 0 saturated heterocycles. The van der Waals surface area contributed by atoms with E-state index in [9.17, 15) is 0 Å². The first-order valence-electron chi connectivity index (χ1n) is 2.73. The molecule has 0 aromatic rings. The maximum atomic E-state index is 8.46. The SMILES string of the molecule is N#CC(Br)CC(C#N)CBr. The summed E-state index contributed by atoms with van der Waals surface area (Å²) in [7, 11) is 0. The van der Waals surface area contributed by atoms with E-state index in [-0.39, 0.29) is 10.7 Å². The highest BCUT2D eigenvalue weighted by Crippen LogP contribution is 2.13. The lowest BCUT2D eigenvalue weighted by atomic mass is 10.1. The van der Waals surface area contributed by atoms with Crippen molar-refractivity contribution in [1.29, 1.82) is 10.5 Å². The molecule has 10 heavy (non-hydrogen) atoms. The lowest BCUT2D eigenvalue weighted by Crippen LogP contribution is -2.05. The summed E-state index contributed by atoms with van der Waals surface area (Å²) in [5.41, 5.74) is 0. The van der Waals surface area contributed by atoms with Crippen LogP contribution >= 0.6 is 31.9 Å². The third kappa shape index (κ3) is 3.87. The summed E-state index contributed by atoms with van der Waals surface area (Å²) < 4.78 is 0. The van der Waals surface area contributed by atoms with Crippen LogP contribution in [-0.4, -0.2) is 10.2 Å². The highest BCUT2D eigenvalue weighted by Gasteiger charge is 2.10. The molecule has 0 aliphatic carbocycles. The number of halogens is 2. The van der Waals surface area contributed by atoms with Crippen molar-refractivity contribution in [2.24, 2.45) is 5.92 Å². The predicted octanol–water partition coefficient (Wildman–Crippen LogP) is 2.20. The monoisotopic (exact) mass is 264 g/mol. The average molecular weight is 266 g/mol. The van der Waals surface area contributed by atoms with Crippen LogP contribution in [0, 0.1) is 28.6 Å². The van der Waals surface area contributed by atoms with Crippen LogP contribution in [0.2, 0.25) is 0 Å². The van der Waals surface area contributed by atoms with Gasteiger partial charge in [-0.25, -0.2) is 0 Å². The molecule has 0 spiro atoms. The highest BCUT2D eigenvalue weighted by atomic mass is 79.9. The fourth-order valence-electron chi connectivity index (χ4n) is 0.453. The van der Waals surface area contributed by atoms with Gasteiger partial charge < -0.3 is 0 Å². The Morgan fingerprint density at radius 3 is 2.20 bits per heavy atom. The zero-order chi connectivity index (χ0) is 7.98. The minimum Gasteiger partial charge on any atom is -0.198 e. The molecule has 0 fully saturated rings. The summed E-state index contributed by atoms with van der Waals surface area (Å²) in [5.74, 6) is -0.0657. The van der Waals surface area contributed by atoms with Crippen LogP contribution in [0.4, 0.5) is 0 Å². The molecule has 54 valence electrons. The van der Waals surface area contributed by atoms with Crippen molar-refractivity contribution in [2.75, 3.05) is 5.33 Å². The molecule has 2 unspecified atom stereocenters. The summed E-state index contributed by atoms with van der Waals surface area (Å²) >= 11 is 6.31. The molecule has 0 aromatic carbocycles. The minimum atomic E-state index is -0.199. The fourth-order valence-corrected chi connectivity index (χ4v) is 1.31. The number of hydrogen-bond donors (Lipinski definition) is 0. The Morgan fingerprint density at radius 1 is 1.30 bits per heavy atom. The molecule has 0 bridgehead atoms. The molecule has 0 radical (unpaired) electrons. The molecule has 0 aliphatic rings. The standard InChI is InChI=1S/C6H6Br2N2/c7-2-5(3-9)1-6(8)4-10/h5-6H,1-2H2. The largest absolute Gasteiger partial charge is 0.198 e. The zero-order valence-corrected chi connectivity index (χ0v) is 8.39. The Morgan fingerprint density at radius 2 is 1.90 bits per heavy atom. The van der Waals surface area contributed by atoms with Gasteiger partial charge in [0.05, 0.1) is 18.1 Å². The summed E-state index contributed by atoms with van der Waals surface area (Å²) in [6.45, 7) is 0. The number of alkyl halides is 2. The van der Waals surface area contributed by atoms with E-state index in [0.29, 0.717) is 11.8 Å².